The Balaban J connectivity index is 2.18. The van der Waals surface area contributed by atoms with Crippen molar-refractivity contribution in [1.29, 1.82) is 5.26 Å². The Morgan fingerprint density at radius 2 is 1.70 bits per heavy atom. The fourth-order valence-corrected chi connectivity index (χ4v) is 2.99. The summed E-state index contributed by atoms with van der Waals surface area (Å²) in [5.41, 5.74) is -5.76. The van der Waals surface area contributed by atoms with Crippen molar-refractivity contribution < 1.29 is 35.5 Å². The Kier molecular flexibility index (Phi) is 4.25. The molecule has 2 aromatic carbocycles. The van der Waals surface area contributed by atoms with Crippen molar-refractivity contribution in [2.75, 3.05) is 0 Å². The van der Waals surface area contributed by atoms with Crippen LogP contribution in [0.3, 0.4) is 0 Å². The summed E-state index contributed by atoms with van der Waals surface area (Å²) in [6.07, 6.45) is 2.59. The monoisotopic (exact) mass is 396 g/mol. The van der Waals surface area contributed by atoms with Crippen LogP contribution in [0.2, 0.25) is 0 Å². The van der Waals surface area contributed by atoms with Crippen LogP contribution in [0.25, 0.3) is 16.8 Å². The first-order valence-corrected chi connectivity index (χ1v) is 8.51. The van der Waals surface area contributed by atoms with E-state index in [9.17, 15) is 31.2 Å². The Bertz CT molecular complexity index is 1140. The molecule has 0 saturated heterocycles. The molecule has 0 bridgehead atoms. The number of benzene rings is 2. The van der Waals surface area contributed by atoms with Crippen LogP contribution in [-0.2, 0) is 14.4 Å². The molecular weight excluding hydrogens is 389 g/mol. The average Bonchev–Trinajstić information content (AvgIpc) is 2.60. The smallest absolute Gasteiger partial charge is 0.266 e. The van der Waals surface area contributed by atoms with Gasteiger partial charge < -0.3 is 0 Å². The van der Waals surface area contributed by atoms with Gasteiger partial charge in [-0.05, 0) is 29.2 Å². The molecule has 0 saturated carbocycles. The minimum absolute atomic E-state index is 0.122. The summed E-state index contributed by atoms with van der Waals surface area (Å²) in [6, 6.07) is 8.55. The zero-order valence-corrected chi connectivity index (χ0v) is 13.8. The Labute approximate surface area is 149 Å². The zero-order chi connectivity index (χ0) is 20.0. The quantitative estimate of drug-likeness (QED) is 0.449. The van der Waals surface area contributed by atoms with Crippen LogP contribution in [0, 0.1) is 11.3 Å². The predicted octanol–water partition coefficient (Wildman–Crippen LogP) is 2.75. The normalized spacial score (nSPS) is 14.8. The molecular formula is C16H7F3N2O5S. The summed E-state index contributed by atoms with van der Waals surface area (Å²) in [4.78, 5) is 24.8. The summed E-state index contributed by atoms with van der Waals surface area (Å²) in [5.74, 6) is -2.71. The third-order valence-corrected chi connectivity index (χ3v) is 4.61. The van der Waals surface area contributed by atoms with Crippen LogP contribution >= 0.6 is 0 Å². The fourth-order valence-electron chi connectivity index (χ4n) is 2.58. The molecule has 1 aliphatic rings. The molecule has 0 aromatic heterocycles. The van der Waals surface area contributed by atoms with E-state index in [-0.39, 0.29) is 16.5 Å². The number of imide groups is 1. The van der Waals surface area contributed by atoms with E-state index in [2.05, 4.69) is 4.28 Å². The van der Waals surface area contributed by atoms with Crippen molar-refractivity contribution in [1.82, 2.24) is 5.06 Å². The number of hydrogen-bond donors (Lipinski definition) is 0. The second-order valence-corrected chi connectivity index (χ2v) is 6.79. The number of hydrogen-bond acceptors (Lipinski definition) is 6. The van der Waals surface area contributed by atoms with E-state index >= 15 is 0 Å². The molecule has 1 aliphatic heterocycles. The molecule has 138 valence electrons. The number of carbonyl (C=O) groups is 2. The highest BCUT2D eigenvalue weighted by molar-refractivity contribution is 7.87. The molecule has 0 atom stereocenters. The van der Waals surface area contributed by atoms with Gasteiger partial charge in [0.1, 0.15) is 0 Å². The number of amides is 2. The van der Waals surface area contributed by atoms with Crippen LogP contribution < -0.4 is 0 Å². The van der Waals surface area contributed by atoms with E-state index in [4.69, 9.17) is 5.26 Å². The molecule has 27 heavy (non-hydrogen) atoms. The Morgan fingerprint density at radius 1 is 1.07 bits per heavy atom. The van der Waals surface area contributed by atoms with E-state index in [1.165, 1.54) is 36.4 Å². The van der Waals surface area contributed by atoms with Gasteiger partial charge in [-0.1, -0.05) is 18.2 Å². The van der Waals surface area contributed by atoms with Crippen molar-refractivity contribution in [2.24, 2.45) is 0 Å². The Hall–Kier alpha value is -3.23. The first kappa shape index (κ1) is 18.6. The largest absolute Gasteiger partial charge is 0.525 e. The lowest BCUT2D eigenvalue weighted by molar-refractivity contribution is -0.0761. The lowest BCUT2D eigenvalue weighted by atomic mass is 9.92. The van der Waals surface area contributed by atoms with Crippen molar-refractivity contribution in [3.8, 4) is 6.07 Å². The minimum Gasteiger partial charge on any atom is -0.266 e. The van der Waals surface area contributed by atoms with Crippen LogP contribution in [0.15, 0.2) is 36.4 Å². The molecule has 11 heteroatoms. The van der Waals surface area contributed by atoms with E-state index in [1.807, 2.05) is 0 Å². The number of carbonyl (C=O) groups excluding carboxylic acids is 2. The van der Waals surface area contributed by atoms with Crippen LogP contribution in [0.4, 0.5) is 13.2 Å². The number of alkyl halides is 3. The van der Waals surface area contributed by atoms with Gasteiger partial charge in [0.2, 0.25) is 0 Å². The van der Waals surface area contributed by atoms with E-state index < -0.39 is 32.5 Å². The summed E-state index contributed by atoms with van der Waals surface area (Å²) in [6.45, 7) is 0. The molecule has 0 radical (unpaired) electrons. The lowest BCUT2D eigenvalue weighted by Crippen LogP contribution is -2.44. The molecule has 0 unspecified atom stereocenters. The number of hydroxylamine groups is 2. The highest BCUT2D eigenvalue weighted by Crippen LogP contribution is 2.34. The summed E-state index contributed by atoms with van der Waals surface area (Å²) >= 11 is 0. The third kappa shape index (κ3) is 2.94. The van der Waals surface area contributed by atoms with E-state index in [0.29, 0.717) is 10.9 Å². The van der Waals surface area contributed by atoms with Gasteiger partial charge >= 0.3 is 15.6 Å². The third-order valence-electron chi connectivity index (χ3n) is 3.70. The number of allylic oxidation sites excluding steroid dienone is 1. The Morgan fingerprint density at radius 3 is 2.30 bits per heavy atom. The van der Waals surface area contributed by atoms with Gasteiger partial charge in [-0.25, -0.2) is 0 Å². The van der Waals surface area contributed by atoms with Gasteiger partial charge in [0.05, 0.1) is 17.2 Å². The zero-order valence-electron chi connectivity index (χ0n) is 13.0. The number of rotatable bonds is 3. The lowest BCUT2D eigenvalue weighted by Gasteiger charge is -2.26. The van der Waals surface area contributed by atoms with Gasteiger partial charge in [-0.3, -0.25) is 9.59 Å². The maximum atomic E-state index is 12.5. The van der Waals surface area contributed by atoms with Crippen LogP contribution in [-0.4, -0.2) is 30.8 Å². The molecule has 3 rings (SSSR count). The standard InChI is InChI=1S/C16H7F3N2O5S/c17-16(18,19)27(24,25)26-21-14(22)11-5-1-4-10-9(3-2-8-20)6-7-12(13(10)11)15(21)23/h1-7H/b3-2+. The van der Waals surface area contributed by atoms with Gasteiger partial charge in [0.15, 0.2) is 0 Å². The summed E-state index contributed by atoms with van der Waals surface area (Å²) in [7, 11) is -6.22. The van der Waals surface area contributed by atoms with Crippen LogP contribution in [0.5, 0.6) is 0 Å². The number of nitrogens with zero attached hydrogens (tertiary/aromatic N) is 2. The highest BCUT2D eigenvalue weighted by Gasteiger charge is 2.51. The van der Waals surface area contributed by atoms with Crippen molar-refractivity contribution in [3.05, 3.63) is 53.1 Å². The van der Waals surface area contributed by atoms with Gasteiger partial charge in [-0.2, -0.15) is 26.9 Å². The predicted molar refractivity (Wildman–Crippen MR) is 85.2 cm³/mol. The maximum Gasteiger partial charge on any atom is 0.525 e. The first-order chi connectivity index (χ1) is 12.6. The number of nitriles is 1. The van der Waals surface area contributed by atoms with Gasteiger partial charge in [-0.15, -0.1) is 9.35 Å². The summed E-state index contributed by atoms with van der Waals surface area (Å²) < 4.78 is 63.8. The van der Waals surface area contributed by atoms with E-state index in [1.54, 1.807) is 12.1 Å². The molecule has 0 aliphatic carbocycles. The van der Waals surface area contributed by atoms with Gasteiger partial charge in [0.25, 0.3) is 11.8 Å². The molecule has 0 fully saturated rings. The second-order valence-electron chi connectivity index (χ2n) is 5.27. The van der Waals surface area contributed by atoms with Crippen molar-refractivity contribution in [3.63, 3.8) is 0 Å². The molecule has 0 spiro atoms. The molecule has 0 N–H and O–H groups in total. The molecule has 2 aromatic rings. The SMILES string of the molecule is N#C/C=C/c1ccc2c3c(cccc13)C(=O)N(OS(=O)(=O)C(F)(F)F)C2=O. The van der Waals surface area contributed by atoms with Crippen molar-refractivity contribution in [2.45, 2.75) is 5.51 Å². The summed E-state index contributed by atoms with van der Waals surface area (Å²) in [5, 5.41) is 8.72. The van der Waals surface area contributed by atoms with Crippen LogP contribution in [0.1, 0.15) is 26.3 Å². The topological polar surface area (TPSA) is 105 Å². The maximum absolute atomic E-state index is 12.5. The number of halogens is 3. The van der Waals surface area contributed by atoms with E-state index in [0.717, 1.165) is 0 Å². The molecule has 2 amide bonds. The second kappa shape index (κ2) is 6.19. The van der Waals surface area contributed by atoms with Crippen molar-refractivity contribution >= 4 is 38.8 Å². The average molecular weight is 396 g/mol. The highest BCUT2D eigenvalue weighted by atomic mass is 32.2. The van der Waals surface area contributed by atoms with Gasteiger partial charge in [0, 0.05) is 11.5 Å². The first-order valence-electron chi connectivity index (χ1n) is 7.10. The molecule has 1 heterocycles. The minimum atomic E-state index is -6.22. The fraction of sp³-hybridized carbons (Fsp3) is 0.0625. The molecule has 7 nitrogen and oxygen atoms in total.